The first-order chi connectivity index (χ1) is 10.7. The van der Waals surface area contributed by atoms with Gasteiger partial charge in [-0.1, -0.05) is 6.07 Å². The number of carbonyl (C=O) groups excluding carboxylic acids is 2. The van der Waals surface area contributed by atoms with Gasteiger partial charge in [-0.05, 0) is 45.4 Å². The Balaban J connectivity index is 3.26. The number of hydrogen-bond donors (Lipinski definition) is 0. The molecule has 0 heterocycles. The highest BCUT2D eigenvalue weighted by molar-refractivity contribution is 5.78. The van der Waals surface area contributed by atoms with Gasteiger partial charge in [0, 0.05) is 7.05 Å². The zero-order chi connectivity index (χ0) is 18.9. The molecule has 1 aromatic rings. The van der Waals surface area contributed by atoms with Crippen LogP contribution in [-0.4, -0.2) is 29.9 Å². The Hall–Kier alpha value is -2.12. The summed E-state index contributed by atoms with van der Waals surface area (Å²) in [5, 5.41) is 0. The largest absolute Gasteiger partial charge is 0.444 e. The van der Waals surface area contributed by atoms with Crippen LogP contribution in [0.25, 0.3) is 0 Å². The Bertz CT molecular complexity index is 637. The molecule has 0 fully saturated rings. The van der Waals surface area contributed by atoms with Crippen molar-refractivity contribution in [2.75, 3.05) is 7.05 Å². The highest BCUT2D eigenvalue weighted by Crippen LogP contribution is 2.34. The van der Waals surface area contributed by atoms with Crippen molar-refractivity contribution in [1.82, 2.24) is 4.90 Å². The van der Waals surface area contributed by atoms with Gasteiger partial charge in [0.05, 0.1) is 5.56 Å². The third-order valence-electron chi connectivity index (χ3n) is 3.45. The molecule has 0 radical (unpaired) electrons. The summed E-state index contributed by atoms with van der Waals surface area (Å²) in [7, 11) is 1.25. The molecule has 0 bridgehead atoms. The van der Waals surface area contributed by atoms with Crippen LogP contribution in [0, 0.1) is 5.82 Å². The standard InChI is InChI=1S/C16H19F4NO3/c1-14(2,3)24-13(23)21(5)15(4,9-22)10-6-7-11(12(17)8-10)16(18,19)20/h6-9H,1-5H3. The van der Waals surface area contributed by atoms with Crippen molar-refractivity contribution in [2.45, 2.75) is 45.0 Å². The highest BCUT2D eigenvalue weighted by Gasteiger charge is 2.39. The van der Waals surface area contributed by atoms with E-state index in [2.05, 4.69) is 0 Å². The number of nitrogens with zero attached hydrogens (tertiary/aromatic N) is 1. The highest BCUT2D eigenvalue weighted by atomic mass is 19.4. The maximum Gasteiger partial charge on any atom is 0.419 e. The van der Waals surface area contributed by atoms with Gasteiger partial charge in [-0.2, -0.15) is 13.2 Å². The normalized spacial score (nSPS) is 14.7. The number of benzene rings is 1. The fourth-order valence-corrected chi connectivity index (χ4v) is 1.92. The number of hydrogen-bond acceptors (Lipinski definition) is 3. The number of rotatable bonds is 3. The first kappa shape index (κ1) is 19.9. The second kappa shape index (κ2) is 6.41. The van der Waals surface area contributed by atoms with Gasteiger partial charge in [0.2, 0.25) is 0 Å². The molecule has 0 aromatic heterocycles. The fourth-order valence-electron chi connectivity index (χ4n) is 1.92. The molecule has 0 saturated carbocycles. The lowest BCUT2D eigenvalue weighted by atomic mass is 9.91. The summed E-state index contributed by atoms with van der Waals surface area (Å²) in [5.41, 5.74) is -4.07. The molecule has 1 unspecified atom stereocenters. The van der Waals surface area contributed by atoms with Gasteiger partial charge in [-0.3, -0.25) is 4.90 Å². The van der Waals surface area contributed by atoms with Crippen molar-refractivity contribution in [3.05, 3.63) is 35.1 Å². The summed E-state index contributed by atoms with van der Waals surface area (Å²) in [6.07, 6.45) is -5.37. The van der Waals surface area contributed by atoms with Gasteiger partial charge in [0.25, 0.3) is 0 Å². The Morgan fingerprint density at radius 2 is 1.71 bits per heavy atom. The number of aldehydes is 1. The second-order valence-corrected chi connectivity index (χ2v) is 6.50. The zero-order valence-corrected chi connectivity index (χ0v) is 14.0. The van der Waals surface area contributed by atoms with Crippen molar-refractivity contribution >= 4 is 12.4 Å². The Labute approximate surface area is 137 Å². The summed E-state index contributed by atoms with van der Waals surface area (Å²) >= 11 is 0. The summed E-state index contributed by atoms with van der Waals surface area (Å²) in [5.74, 6) is -1.52. The van der Waals surface area contributed by atoms with Crippen molar-refractivity contribution in [1.29, 1.82) is 0 Å². The maximum atomic E-state index is 13.8. The van der Waals surface area contributed by atoms with Crippen LogP contribution in [0.2, 0.25) is 0 Å². The van der Waals surface area contributed by atoms with E-state index in [0.717, 1.165) is 11.0 Å². The summed E-state index contributed by atoms with van der Waals surface area (Å²) in [4.78, 5) is 24.6. The lowest BCUT2D eigenvalue weighted by Crippen LogP contribution is -2.48. The van der Waals surface area contributed by atoms with Crippen LogP contribution in [0.1, 0.15) is 38.8 Å². The van der Waals surface area contributed by atoms with Gasteiger partial charge in [-0.15, -0.1) is 0 Å². The molecule has 0 aliphatic carbocycles. The van der Waals surface area contributed by atoms with Crippen LogP contribution in [0.5, 0.6) is 0 Å². The Kier molecular flexibility index (Phi) is 5.32. The zero-order valence-electron chi connectivity index (χ0n) is 14.0. The van der Waals surface area contributed by atoms with E-state index in [-0.39, 0.29) is 5.56 Å². The Morgan fingerprint density at radius 3 is 2.08 bits per heavy atom. The van der Waals surface area contributed by atoms with E-state index >= 15 is 0 Å². The van der Waals surface area contributed by atoms with Crippen molar-refractivity contribution in [2.24, 2.45) is 0 Å². The number of amides is 1. The van der Waals surface area contributed by atoms with E-state index in [0.29, 0.717) is 18.4 Å². The molecule has 134 valence electrons. The SMILES string of the molecule is CN(C(=O)OC(C)(C)C)C(C)(C=O)c1ccc(C(F)(F)F)c(F)c1. The average molecular weight is 349 g/mol. The monoisotopic (exact) mass is 349 g/mol. The molecule has 1 aromatic carbocycles. The van der Waals surface area contributed by atoms with E-state index in [1.807, 2.05) is 0 Å². The van der Waals surface area contributed by atoms with Crippen molar-refractivity contribution in [3.63, 3.8) is 0 Å². The molecule has 0 spiro atoms. The van der Waals surface area contributed by atoms with E-state index in [9.17, 15) is 27.2 Å². The van der Waals surface area contributed by atoms with Gasteiger partial charge in [-0.25, -0.2) is 9.18 Å². The van der Waals surface area contributed by atoms with Crippen LogP contribution >= 0.6 is 0 Å². The molecule has 24 heavy (non-hydrogen) atoms. The summed E-state index contributed by atoms with van der Waals surface area (Å²) < 4.78 is 56.8. The average Bonchev–Trinajstić information content (AvgIpc) is 2.42. The summed E-state index contributed by atoms with van der Waals surface area (Å²) in [6, 6.07) is 2.09. The van der Waals surface area contributed by atoms with E-state index < -0.39 is 34.8 Å². The minimum absolute atomic E-state index is 0.101. The predicted octanol–water partition coefficient (Wildman–Crippen LogP) is 4.13. The number of carbonyl (C=O) groups is 2. The Morgan fingerprint density at radius 1 is 1.17 bits per heavy atom. The molecule has 0 saturated heterocycles. The smallest absolute Gasteiger partial charge is 0.419 e. The van der Waals surface area contributed by atoms with E-state index in [1.165, 1.54) is 14.0 Å². The van der Waals surface area contributed by atoms with Crippen LogP contribution < -0.4 is 0 Å². The molecule has 0 N–H and O–H groups in total. The molecule has 4 nitrogen and oxygen atoms in total. The second-order valence-electron chi connectivity index (χ2n) is 6.50. The lowest BCUT2D eigenvalue weighted by molar-refractivity contribution is -0.140. The minimum Gasteiger partial charge on any atom is -0.444 e. The van der Waals surface area contributed by atoms with Crippen LogP contribution in [0.3, 0.4) is 0 Å². The predicted molar refractivity (Wildman–Crippen MR) is 78.8 cm³/mol. The number of alkyl halides is 3. The number of ether oxygens (including phenoxy) is 1. The number of halogens is 4. The van der Waals surface area contributed by atoms with Crippen molar-refractivity contribution in [3.8, 4) is 0 Å². The molecule has 1 rings (SSSR count). The first-order valence-electron chi connectivity index (χ1n) is 7.03. The summed E-state index contributed by atoms with van der Waals surface area (Å²) in [6.45, 7) is 6.14. The molecular weight excluding hydrogens is 330 g/mol. The van der Waals surface area contributed by atoms with Crippen LogP contribution in [0.15, 0.2) is 18.2 Å². The quantitative estimate of drug-likeness (QED) is 0.609. The van der Waals surface area contributed by atoms with Crippen LogP contribution in [0.4, 0.5) is 22.4 Å². The third kappa shape index (κ3) is 4.24. The molecule has 0 aliphatic rings. The topological polar surface area (TPSA) is 46.6 Å². The van der Waals surface area contributed by atoms with Crippen LogP contribution in [-0.2, 0) is 21.2 Å². The lowest BCUT2D eigenvalue weighted by Gasteiger charge is -2.35. The van der Waals surface area contributed by atoms with Gasteiger partial charge in [0.1, 0.15) is 23.2 Å². The minimum atomic E-state index is -4.85. The first-order valence-corrected chi connectivity index (χ1v) is 7.03. The van der Waals surface area contributed by atoms with Gasteiger partial charge in [0.15, 0.2) is 0 Å². The molecule has 1 atom stereocenters. The van der Waals surface area contributed by atoms with E-state index in [4.69, 9.17) is 4.74 Å². The molecule has 1 amide bonds. The van der Waals surface area contributed by atoms with E-state index in [1.54, 1.807) is 20.8 Å². The van der Waals surface area contributed by atoms with Crippen molar-refractivity contribution < 1.29 is 31.9 Å². The molecule has 0 aliphatic heterocycles. The fraction of sp³-hybridized carbons (Fsp3) is 0.500. The van der Waals surface area contributed by atoms with Gasteiger partial charge < -0.3 is 9.53 Å². The maximum absolute atomic E-state index is 13.8. The molecule has 8 heteroatoms. The number of likely N-dealkylation sites (N-methyl/N-ethyl adjacent to an activating group) is 1. The third-order valence-corrected chi connectivity index (χ3v) is 3.45. The molecular formula is C16H19F4NO3. The van der Waals surface area contributed by atoms with Gasteiger partial charge >= 0.3 is 12.3 Å².